The molecule has 1 aromatic heterocycles. The van der Waals surface area contributed by atoms with Crippen LogP contribution in [0.3, 0.4) is 0 Å². The molecule has 2 aromatic rings. The van der Waals surface area contributed by atoms with Crippen molar-refractivity contribution in [1.29, 1.82) is 0 Å². The van der Waals surface area contributed by atoms with E-state index in [0.29, 0.717) is 11.4 Å². The van der Waals surface area contributed by atoms with Gasteiger partial charge in [0.05, 0.1) is 29.4 Å². The molecule has 6 nitrogen and oxygen atoms in total. The number of hydrogen-bond donors (Lipinski definition) is 2. The lowest BCUT2D eigenvalue weighted by atomic mass is 10.3. The van der Waals surface area contributed by atoms with Gasteiger partial charge in [-0.2, -0.15) is 5.10 Å². The summed E-state index contributed by atoms with van der Waals surface area (Å²) in [4.78, 5) is 0.231. The second kappa shape index (κ2) is 6.38. The summed E-state index contributed by atoms with van der Waals surface area (Å²) in [5.74, 6) is 0. The monoisotopic (exact) mass is 309 g/mol. The van der Waals surface area contributed by atoms with Gasteiger partial charge in [-0.05, 0) is 25.1 Å². The third-order valence-corrected chi connectivity index (χ3v) is 5.35. The molecule has 7 heteroatoms. The average molecular weight is 309 g/mol. The first-order chi connectivity index (χ1) is 10.0. The van der Waals surface area contributed by atoms with Crippen LogP contribution < -0.4 is 5.73 Å². The van der Waals surface area contributed by atoms with E-state index in [1.807, 2.05) is 0 Å². The molecular weight excluding hydrogens is 290 g/mol. The fourth-order valence-electron chi connectivity index (χ4n) is 2.28. The molecule has 21 heavy (non-hydrogen) atoms. The van der Waals surface area contributed by atoms with E-state index in [0.717, 1.165) is 0 Å². The van der Waals surface area contributed by atoms with Gasteiger partial charge in [-0.15, -0.1) is 0 Å². The smallest absolute Gasteiger partial charge is 0.188 e. The maximum atomic E-state index is 12.7. The van der Waals surface area contributed by atoms with Gasteiger partial charge >= 0.3 is 0 Å². The van der Waals surface area contributed by atoms with Gasteiger partial charge in [-0.1, -0.05) is 18.2 Å². The second-order valence-corrected chi connectivity index (χ2v) is 6.87. The fraction of sp³-hybridized carbons (Fsp3) is 0.357. The highest BCUT2D eigenvalue weighted by atomic mass is 32.2. The number of sulfone groups is 1. The summed E-state index contributed by atoms with van der Waals surface area (Å²) in [5.41, 5.74) is 6.92. The Morgan fingerprint density at radius 2 is 2.00 bits per heavy atom. The molecule has 1 heterocycles. The largest absolute Gasteiger partial charge is 0.394 e. The highest BCUT2D eigenvalue weighted by molar-refractivity contribution is 7.91. The average Bonchev–Trinajstić information content (AvgIpc) is 2.81. The molecule has 0 bridgehead atoms. The van der Waals surface area contributed by atoms with Crippen LogP contribution in [-0.4, -0.2) is 36.5 Å². The Bertz CT molecular complexity index is 696. The maximum Gasteiger partial charge on any atom is 0.188 e. The van der Waals surface area contributed by atoms with Gasteiger partial charge in [0, 0.05) is 6.54 Å². The number of aryl methyl sites for hydroxylation is 1. The first kappa shape index (κ1) is 15.7. The topological polar surface area (TPSA) is 98.2 Å². The standard InChI is InChI=1S/C14H19N3O3S/c1-11-9-13(17(16-11)7-8-18)14(10-15)21(19,20)12-5-3-2-4-6-12/h2-6,9,14,18H,7-8,10,15H2,1H3. The molecule has 0 spiro atoms. The van der Waals surface area contributed by atoms with Gasteiger partial charge in [0.15, 0.2) is 9.84 Å². The van der Waals surface area contributed by atoms with Crippen LogP contribution in [-0.2, 0) is 16.4 Å². The minimum Gasteiger partial charge on any atom is -0.394 e. The van der Waals surface area contributed by atoms with Crippen LogP contribution in [0.15, 0.2) is 41.3 Å². The first-order valence-electron chi connectivity index (χ1n) is 6.65. The van der Waals surface area contributed by atoms with Crippen LogP contribution >= 0.6 is 0 Å². The number of rotatable bonds is 6. The summed E-state index contributed by atoms with van der Waals surface area (Å²) >= 11 is 0. The number of aliphatic hydroxyl groups is 1. The lowest BCUT2D eigenvalue weighted by Crippen LogP contribution is -2.25. The Morgan fingerprint density at radius 3 is 2.57 bits per heavy atom. The summed E-state index contributed by atoms with van der Waals surface area (Å²) < 4.78 is 27.0. The fourth-order valence-corrected chi connectivity index (χ4v) is 3.91. The molecule has 0 fully saturated rings. The van der Waals surface area contributed by atoms with Crippen molar-refractivity contribution in [1.82, 2.24) is 9.78 Å². The summed E-state index contributed by atoms with van der Waals surface area (Å²) in [6, 6.07) is 9.92. The van der Waals surface area contributed by atoms with E-state index in [2.05, 4.69) is 5.10 Å². The molecule has 1 atom stereocenters. The van der Waals surface area contributed by atoms with Gasteiger partial charge in [0.2, 0.25) is 0 Å². The van der Waals surface area contributed by atoms with Crippen LogP contribution in [0, 0.1) is 6.92 Å². The van der Waals surface area contributed by atoms with Crippen LogP contribution in [0.5, 0.6) is 0 Å². The molecular formula is C14H19N3O3S. The van der Waals surface area contributed by atoms with Crippen molar-refractivity contribution in [2.45, 2.75) is 23.6 Å². The van der Waals surface area contributed by atoms with Crippen molar-refractivity contribution < 1.29 is 13.5 Å². The quantitative estimate of drug-likeness (QED) is 0.816. The van der Waals surface area contributed by atoms with E-state index in [4.69, 9.17) is 10.8 Å². The van der Waals surface area contributed by atoms with Crippen molar-refractivity contribution >= 4 is 9.84 Å². The Balaban J connectivity index is 2.49. The predicted molar refractivity (Wildman–Crippen MR) is 79.5 cm³/mol. The van der Waals surface area contributed by atoms with Crippen molar-refractivity contribution in [3.8, 4) is 0 Å². The van der Waals surface area contributed by atoms with Gasteiger partial charge in [-0.25, -0.2) is 8.42 Å². The van der Waals surface area contributed by atoms with Gasteiger partial charge in [0.25, 0.3) is 0 Å². The van der Waals surface area contributed by atoms with Crippen molar-refractivity contribution in [3.63, 3.8) is 0 Å². The van der Waals surface area contributed by atoms with Crippen molar-refractivity contribution in [2.24, 2.45) is 5.73 Å². The third-order valence-electron chi connectivity index (χ3n) is 3.24. The molecule has 0 amide bonds. The molecule has 1 unspecified atom stereocenters. The van der Waals surface area contributed by atoms with Gasteiger partial charge in [-0.3, -0.25) is 4.68 Å². The Hall–Kier alpha value is -1.70. The minimum atomic E-state index is -3.60. The number of benzene rings is 1. The summed E-state index contributed by atoms with van der Waals surface area (Å²) in [5, 5.41) is 12.4. The highest BCUT2D eigenvalue weighted by Gasteiger charge is 2.30. The van der Waals surface area contributed by atoms with Gasteiger partial charge < -0.3 is 10.8 Å². The molecule has 3 N–H and O–H groups in total. The molecule has 0 radical (unpaired) electrons. The molecule has 2 rings (SSSR count). The first-order valence-corrected chi connectivity index (χ1v) is 8.19. The van der Waals surface area contributed by atoms with E-state index >= 15 is 0 Å². The summed E-state index contributed by atoms with van der Waals surface area (Å²) in [6.45, 7) is 1.86. The van der Waals surface area contributed by atoms with Crippen LogP contribution in [0.1, 0.15) is 16.6 Å². The molecule has 0 aliphatic carbocycles. The maximum absolute atomic E-state index is 12.7. The number of nitrogens with zero attached hydrogens (tertiary/aromatic N) is 2. The molecule has 0 saturated heterocycles. The van der Waals surface area contributed by atoms with E-state index in [1.54, 1.807) is 43.3 Å². The third kappa shape index (κ3) is 3.15. The van der Waals surface area contributed by atoms with E-state index in [9.17, 15) is 8.42 Å². The number of aromatic nitrogens is 2. The summed E-state index contributed by atoms with van der Waals surface area (Å²) in [6.07, 6.45) is 0. The van der Waals surface area contributed by atoms with E-state index in [-0.39, 0.29) is 24.6 Å². The lowest BCUT2D eigenvalue weighted by Gasteiger charge is -2.17. The van der Waals surface area contributed by atoms with Crippen LogP contribution in [0.25, 0.3) is 0 Å². The van der Waals surface area contributed by atoms with Crippen LogP contribution in [0.2, 0.25) is 0 Å². The molecule has 0 saturated carbocycles. The number of hydrogen-bond acceptors (Lipinski definition) is 5. The van der Waals surface area contributed by atoms with Gasteiger partial charge in [0.1, 0.15) is 5.25 Å². The molecule has 1 aromatic carbocycles. The zero-order valence-corrected chi connectivity index (χ0v) is 12.6. The van der Waals surface area contributed by atoms with Crippen molar-refractivity contribution in [3.05, 3.63) is 47.8 Å². The zero-order valence-electron chi connectivity index (χ0n) is 11.8. The number of aliphatic hydroxyl groups excluding tert-OH is 1. The number of nitrogens with two attached hydrogens (primary N) is 1. The summed E-state index contributed by atoms with van der Waals surface area (Å²) in [7, 11) is -3.60. The molecule has 0 aliphatic heterocycles. The van der Waals surface area contributed by atoms with E-state index in [1.165, 1.54) is 4.68 Å². The Kier molecular flexibility index (Phi) is 4.76. The molecule has 114 valence electrons. The lowest BCUT2D eigenvalue weighted by molar-refractivity contribution is 0.267. The highest BCUT2D eigenvalue weighted by Crippen LogP contribution is 2.28. The SMILES string of the molecule is Cc1cc(C(CN)S(=O)(=O)c2ccccc2)n(CCO)n1. The normalized spacial score (nSPS) is 13.3. The molecule has 0 aliphatic rings. The van der Waals surface area contributed by atoms with E-state index < -0.39 is 15.1 Å². The van der Waals surface area contributed by atoms with Crippen LogP contribution in [0.4, 0.5) is 0 Å². The predicted octanol–water partition coefficient (Wildman–Crippen LogP) is 0.658. The Morgan fingerprint density at radius 1 is 1.33 bits per heavy atom. The Labute approximate surface area is 124 Å². The second-order valence-electron chi connectivity index (χ2n) is 4.74. The van der Waals surface area contributed by atoms with Crippen molar-refractivity contribution in [2.75, 3.05) is 13.2 Å². The minimum absolute atomic E-state index is 0.0478. The zero-order chi connectivity index (χ0) is 15.5.